The molecule has 0 bridgehead atoms. The van der Waals surface area contributed by atoms with Crippen molar-refractivity contribution in [3.8, 4) is 0 Å². The van der Waals surface area contributed by atoms with Gasteiger partial charge < -0.3 is 9.47 Å². The van der Waals surface area contributed by atoms with Gasteiger partial charge in [-0.05, 0) is 39.3 Å². The fraction of sp³-hybridized carbons (Fsp3) is 0.500. The highest BCUT2D eigenvalue weighted by atomic mass is 16.6. The predicted octanol–water partition coefficient (Wildman–Crippen LogP) is 2.79. The number of hydrogen-bond donors (Lipinski definition) is 0. The van der Waals surface area contributed by atoms with Crippen molar-refractivity contribution in [1.82, 2.24) is 0 Å². The lowest BCUT2D eigenvalue weighted by molar-refractivity contribution is -0.159. The summed E-state index contributed by atoms with van der Waals surface area (Å²) in [7, 11) is 0. The average Bonchev–Trinajstić information content (AvgIpc) is 2.38. The van der Waals surface area contributed by atoms with Crippen LogP contribution in [0.1, 0.15) is 43.6 Å². The lowest BCUT2D eigenvalue weighted by atomic mass is 10.0. The maximum Gasteiger partial charge on any atom is 0.335 e. The van der Waals surface area contributed by atoms with Crippen LogP contribution in [0.25, 0.3) is 0 Å². The molecule has 0 aromatic heterocycles. The molecule has 110 valence electrons. The van der Waals surface area contributed by atoms with Crippen LogP contribution in [0.5, 0.6) is 0 Å². The number of carbonyl (C=O) groups excluding carboxylic acids is 2. The van der Waals surface area contributed by atoms with Crippen LogP contribution in [-0.4, -0.2) is 30.6 Å². The monoisotopic (exact) mass is 278 g/mol. The molecule has 0 heterocycles. The van der Waals surface area contributed by atoms with Crippen LogP contribution < -0.4 is 0 Å². The van der Waals surface area contributed by atoms with Gasteiger partial charge in [0.2, 0.25) is 0 Å². The standard InChI is InChI=1S/C16H22O4/c1-5-19-16(18)15(20-11(2)3)10-13-7-6-8-14(9-13)12(4)17/h6-9,11,15H,5,10H2,1-4H3. The van der Waals surface area contributed by atoms with Crippen LogP contribution in [-0.2, 0) is 20.7 Å². The minimum atomic E-state index is -0.642. The summed E-state index contributed by atoms with van der Waals surface area (Å²) >= 11 is 0. The second-order valence-electron chi connectivity index (χ2n) is 4.89. The van der Waals surface area contributed by atoms with Gasteiger partial charge in [0, 0.05) is 12.0 Å². The largest absolute Gasteiger partial charge is 0.464 e. The van der Waals surface area contributed by atoms with Crippen LogP contribution in [0.4, 0.5) is 0 Å². The fourth-order valence-electron chi connectivity index (χ4n) is 1.88. The topological polar surface area (TPSA) is 52.6 Å². The molecule has 4 nitrogen and oxygen atoms in total. The minimum Gasteiger partial charge on any atom is -0.464 e. The van der Waals surface area contributed by atoms with E-state index in [-0.39, 0.29) is 17.9 Å². The molecule has 1 atom stereocenters. The van der Waals surface area contributed by atoms with Crippen molar-refractivity contribution in [1.29, 1.82) is 0 Å². The van der Waals surface area contributed by atoms with Crippen LogP contribution in [0.15, 0.2) is 24.3 Å². The third-order valence-electron chi connectivity index (χ3n) is 2.74. The molecule has 0 amide bonds. The lowest BCUT2D eigenvalue weighted by Crippen LogP contribution is -2.31. The molecule has 0 radical (unpaired) electrons. The highest BCUT2D eigenvalue weighted by Gasteiger charge is 2.22. The maximum absolute atomic E-state index is 11.9. The molecule has 0 spiro atoms. The summed E-state index contributed by atoms with van der Waals surface area (Å²) in [5, 5.41) is 0. The SMILES string of the molecule is CCOC(=O)C(Cc1cccc(C(C)=O)c1)OC(C)C. The van der Waals surface area contributed by atoms with E-state index >= 15 is 0 Å². The summed E-state index contributed by atoms with van der Waals surface area (Å²) < 4.78 is 10.6. The van der Waals surface area contributed by atoms with E-state index in [0.717, 1.165) is 5.56 Å². The molecular formula is C16H22O4. The third-order valence-corrected chi connectivity index (χ3v) is 2.74. The smallest absolute Gasteiger partial charge is 0.335 e. The highest BCUT2D eigenvalue weighted by Crippen LogP contribution is 2.12. The molecule has 0 fully saturated rings. The molecule has 0 saturated heterocycles. The van der Waals surface area contributed by atoms with Crippen LogP contribution in [0.2, 0.25) is 0 Å². The molecule has 0 aliphatic rings. The van der Waals surface area contributed by atoms with Crippen molar-refractivity contribution >= 4 is 11.8 Å². The van der Waals surface area contributed by atoms with Crippen LogP contribution in [0.3, 0.4) is 0 Å². The normalized spacial score (nSPS) is 12.2. The van der Waals surface area contributed by atoms with Crippen LogP contribution >= 0.6 is 0 Å². The van der Waals surface area contributed by atoms with E-state index in [1.54, 1.807) is 19.1 Å². The van der Waals surface area contributed by atoms with Gasteiger partial charge in [0.15, 0.2) is 11.9 Å². The first kappa shape index (κ1) is 16.4. The zero-order valence-corrected chi connectivity index (χ0v) is 12.5. The molecule has 20 heavy (non-hydrogen) atoms. The van der Waals surface area contributed by atoms with Gasteiger partial charge in [0.05, 0.1) is 12.7 Å². The Hall–Kier alpha value is -1.68. The molecule has 0 N–H and O–H groups in total. The Morgan fingerprint density at radius 1 is 1.25 bits per heavy atom. The number of hydrogen-bond acceptors (Lipinski definition) is 4. The zero-order chi connectivity index (χ0) is 15.1. The first-order valence-electron chi connectivity index (χ1n) is 6.86. The third kappa shape index (κ3) is 5.13. The van der Waals surface area contributed by atoms with Gasteiger partial charge >= 0.3 is 5.97 Å². The second kappa shape index (κ2) is 7.80. The van der Waals surface area contributed by atoms with E-state index in [0.29, 0.717) is 18.6 Å². The van der Waals surface area contributed by atoms with Crippen molar-refractivity contribution in [2.75, 3.05) is 6.61 Å². The van der Waals surface area contributed by atoms with Gasteiger partial charge in [-0.1, -0.05) is 18.2 Å². The Morgan fingerprint density at radius 3 is 2.50 bits per heavy atom. The van der Waals surface area contributed by atoms with Crippen molar-refractivity contribution in [2.45, 2.75) is 46.3 Å². The Labute approximate surface area is 120 Å². The molecule has 0 saturated carbocycles. The van der Waals surface area contributed by atoms with E-state index in [1.807, 2.05) is 26.0 Å². The Morgan fingerprint density at radius 2 is 1.95 bits per heavy atom. The molecule has 1 rings (SSSR count). The minimum absolute atomic E-state index is 0.00399. The summed E-state index contributed by atoms with van der Waals surface area (Å²) in [5.74, 6) is -0.362. The first-order valence-corrected chi connectivity index (χ1v) is 6.86. The molecule has 0 aliphatic carbocycles. The molecular weight excluding hydrogens is 256 g/mol. The van der Waals surface area contributed by atoms with E-state index in [9.17, 15) is 9.59 Å². The Kier molecular flexibility index (Phi) is 6.39. The summed E-state index contributed by atoms with van der Waals surface area (Å²) in [4.78, 5) is 23.3. The molecule has 1 unspecified atom stereocenters. The number of rotatable bonds is 7. The van der Waals surface area contributed by atoms with E-state index in [4.69, 9.17) is 9.47 Å². The van der Waals surface area contributed by atoms with Gasteiger partial charge in [-0.3, -0.25) is 4.79 Å². The second-order valence-corrected chi connectivity index (χ2v) is 4.89. The van der Waals surface area contributed by atoms with Gasteiger partial charge in [0.25, 0.3) is 0 Å². The summed E-state index contributed by atoms with van der Waals surface area (Å²) in [6.07, 6.45) is -0.310. The maximum atomic E-state index is 11.9. The number of ether oxygens (including phenoxy) is 2. The quantitative estimate of drug-likeness (QED) is 0.568. The molecule has 1 aromatic carbocycles. The first-order chi connectivity index (χ1) is 9.43. The van der Waals surface area contributed by atoms with Gasteiger partial charge in [0.1, 0.15) is 0 Å². The average molecular weight is 278 g/mol. The van der Waals surface area contributed by atoms with E-state index in [2.05, 4.69) is 0 Å². The van der Waals surface area contributed by atoms with Crippen molar-refractivity contribution < 1.29 is 19.1 Å². The van der Waals surface area contributed by atoms with Crippen molar-refractivity contribution in [2.24, 2.45) is 0 Å². The lowest BCUT2D eigenvalue weighted by Gasteiger charge is -2.19. The van der Waals surface area contributed by atoms with E-state index < -0.39 is 6.10 Å². The summed E-state index contributed by atoms with van der Waals surface area (Å²) in [5.41, 5.74) is 1.52. The van der Waals surface area contributed by atoms with Crippen molar-refractivity contribution in [3.63, 3.8) is 0 Å². The van der Waals surface area contributed by atoms with Gasteiger partial charge in [-0.2, -0.15) is 0 Å². The molecule has 1 aromatic rings. The van der Waals surface area contributed by atoms with Crippen molar-refractivity contribution in [3.05, 3.63) is 35.4 Å². The number of benzene rings is 1. The number of Topliss-reactive ketones (excluding diaryl/α,β-unsaturated/α-hetero) is 1. The van der Waals surface area contributed by atoms with Gasteiger partial charge in [-0.25, -0.2) is 4.79 Å². The number of esters is 1. The Bertz CT molecular complexity index is 465. The number of ketones is 1. The van der Waals surface area contributed by atoms with Crippen LogP contribution in [0, 0.1) is 0 Å². The Balaban J connectivity index is 2.85. The summed E-state index contributed by atoms with van der Waals surface area (Å²) in [6.45, 7) is 7.36. The number of carbonyl (C=O) groups is 2. The van der Waals surface area contributed by atoms with E-state index in [1.165, 1.54) is 6.92 Å². The molecule has 0 aliphatic heterocycles. The zero-order valence-electron chi connectivity index (χ0n) is 12.5. The predicted molar refractivity (Wildman–Crippen MR) is 76.8 cm³/mol. The fourth-order valence-corrected chi connectivity index (χ4v) is 1.88. The summed E-state index contributed by atoms with van der Waals surface area (Å²) in [6, 6.07) is 7.23. The molecule has 4 heteroatoms. The van der Waals surface area contributed by atoms with Gasteiger partial charge in [-0.15, -0.1) is 0 Å². The highest BCUT2D eigenvalue weighted by molar-refractivity contribution is 5.94.